The highest BCUT2D eigenvalue weighted by Crippen LogP contribution is 2.37. The third-order valence-corrected chi connectivity index (χ3v) is 4.04. The van der Waals surface area contributed by atoms with E-state index in [4.69, 9.17) is 0 Å². The first-order valence-electron chi connectivity index (χ1n) is 5.08. The van der Waals surface area contributed by atoms with Crippen molar-refractivity contribution in [2.45, 2.75) is 23.1 Å². The van der Waals surface area contributed by atoms with Crippen LogP contribution in [0, 0.1) is 5.82 Å². The summed E-state index contributed by atoms with van der Waals surface area (Å²) in [6, 6.07) is 5.31. The highest BCUT2D eigenvalue weighted by Gasteiger charge is 2.24. The molecule has 0 spiro atoms. The fraction of sp³-hybridized carbons (Fsp3) is 0.455. The predicted octanol–water partition coefficient (Wildman–Crippen LogP) is 2.32. The van der Waals surface area contributed by atoms with Gasteiger partial charge < -0.3 is 10.6 Å². The molecule has 1 aromatic rings. The molecule has 0 bridgehead atoms. The topological polar surface area (TPSA) is 24.1 Å². The fourth-order valence-electron chi connectivity index (χ4n) is 1.74. The maximum absolute atomic E-state index is 13.0. The van der Waals surface area contributed by atoms with Gasteiger partial charge in [0, 0.05) is 28.4 Å². The number of thioether (sulfide) groups is 1. The normalized spacial score (nSPS) is 24.5. The molecule has 0 radical (unpaired) electrons. The molecule has 0 saturated heterocycles. The van der Waals surface area contributed by atoms with Crippen LogP contribution in [0.3, 0.4) is 0 Å². The van der Waals surface area contributed by atoms with E-state index in [1.165, 1.54) is 6.07 Å². The van der Waals surface area contributed by atoms with Crippen LogP contribution in [0.15, 0.2) is 23.1 Å². The molecule has 0 saturated carbocycles. The first kappa shape index (κ1) is 10.8. The molecule has 0 aromatic heterocycles. The fourth-order valence-corrected chi connectivity index (χ4v) is 3.02. The second-order valence-corrected chi connectivity index (χ2v) is 5.07. The summed E-state index contributed by atoms with van der Waals surface area (Å²) in [5.41, 5.74) is 1.04. The molecule has 2 atom stereocenters. The summed E-state index contributed by atoms with van der Waals surface area (Å²) < 4.78 is 13.0. The van der Waals surface area contributed by atoms with E-state index in [1.807, 2.05) is 13.1 Å². The van der Waals surface area contributed by atoms with Crippen molar-refractivity contribution in [2.75, 3.05) is 18.9 Å². The molecular weight excluding hydrogens is 211 g/mol. The molecule has 1 aliphatic heterocycles. The number of fused-ring (bicyclic) bond motifs is 1. The van der Waals surface area contributed by atoms with Crippen LogP contribution in [0.25, 0.3) is 0 Å². The van der Waals surface area contributed by atoms with Crippen LogP contribution in [0.4, 0.5) is 10.1 Å². The number of hydrogen-bond donors (Lipinski definition) is 2. The number of halogens is 1. The number of hydrogen-bond acceptors (Lipinski definition) is 3. The zero-order valence-corrected chi connectivity index (χ0v) is 9.70. The third kappa shape index (κ3) is 2.26. The SMILES string of the molecule is CNCC1Sc2cc(F)ccc2NC1C. The molecule has 2 N–H and O–H groups in total. The lowest BCUT2D eigenvalue weighted by Crippen LogP contribution is -2.38. The minimum absolute atomic E-state index is 0.166. The van der Waals surface area contributed by atoms with Gasteiger partial charge in [0.25, 0.3) is 0 Å². The van der Waals surface area contributed by atoms with Gasteiger partial charge in [-0.05, 0) is 32.2 Å². The largest absolute Gasteiger partial charge is 0.381 e. The Morgan fingerprint density at radius 3 is 3.07 bits per heavy atom. The number of nitrogens with one attached hydrogen (secondary N) is 2. The summed E-state index contributed by atoms with van der Waals surface area (Å²) in [6.45, 7) is 3.08. The minimum atomic E-state index is -0.166. The van der Waals surface area contributed by atoms with E-state index in [1.54, 1.807) is 17.8 Å². The van der Waals surface area contributed by atoms with Crippen LogP contribution < -0.4 is 10.6 Å². The molecule has 2 nitrogen and oxygen atoms in total. The molecule has 82 valence electrons. The van der Waals surface area contributed by atoms with E-state index >= 15 is 0 Å². The number of rotatable bonds is 2. The van der Waals surface area contributed by atoms with E-state index in [9.17, 15) is 4.39 Å². The van der Waals surface area contributed by atoms with Gasteiger partial charge >= 0.3 is 0 Å². The van der Waals surface area contributed by atoms with Crippen molar-refractivity contribution < 1.29 is 4.39 Å². The van der Waals surface area contributed by atoms with Crippen molar-refractivity contribution in [2.24, 2.45) is 0 Å². The summed E-state index contributed by atoms with van der Waals surface area (Å²) >= 11 is 1.74. The van der Waals surface area contributed by atoms with Gasteiger partial charge in [-0.25, -0.2) is 4.39 Å². The molecule has 1 heterocycles. The standard InChI is InChI=1S/C11H15FN2S/c1-7-11(6-13-2)15-10-5-8(12)3-4-9(10)14-7/h3-5,7,11,13-14H,6H2,1-2H3. The Balaban J connectivity index is 2.22. The first-order valence-corrected chi connectivity index (χ1v) is 5.96. The van der Waals surface area contributed by atoms with Gasteiger partial charge in [0.15, 0.2) is 0 Å². The molecule has 2 rings (SSSR count). The van der Waals surface area contributed by atoms with Crippen molar-refractivity contribution in [3.05, 3.63) is 24.0 Å². The Morgan fingerprint density at radius 1 is 1.53 bits per heavy atom. The van der Waals surface area contributed by atoms with E-state index in [-0.39, 0.29) is 5.82 Å². The van der Waals surface area contributed by atoms with Crippen molar-refractivity contribution in [3.63, 3.8) is 0 Å². The molecule has 0 aliphatic carbocycles. The number of anilines is 1. The third-order valence-electron chi connectivity index (χ3n) is 2.57. The summed E-state index contributed by atoms with van der Waals surface area (Å²) in [5, 5.41) is 7.00. The average Bonchev–Trinajstić information content (AvgIpc) is 2.20. The predicted molar refractivity (Wildman–Crippen MR) is 63.1 cm³/mol. The van der Waals surface area contributed by atoms with Gasteiger partial charge in [0.2, 0.25) is 0 Å². The number of benzene rings is 1. The van der Waals surface area contributed by atoms with Gasteiger partial charge in [-0.2, -0.15) is 0 Å². The van der Waals surface area contributed by atoms with Crippen molar-refractivity contribution >= 4 is 17.4 Å². The minimum Gasteiger partial charge on any atom is -0.381 e. The molecule has 0 fully saturated rings. The van der Waals surface area contributed by atoms with E-state index in [2.05, 4.69) is 17.6 Å². The summed E-state index contributed by atoms with van der Waals surface area (Å²) in [7, 11) is 1.94. The first-order chi connectivity index (χ1) is 7.20. The molecular formula is C11H15FN2S. The van der Waals surface area contributed by atoms with E-state index < -0.39 is 0 Å². The highest BCUT2D eigenvalue weighted by atomic mass is 32.2. The lowest BCUT2D eigenvalue weighted by atomic mass is 10.2. The lowest BCUT2D eigenvalue weighted by Gasteiger charge is -2.31. The molecule has 1 aromatic carbocycles. The van der Waals surface area contributed by atoms with Gasteiger partial charge in [-0.15, -0.1) is 11.8 Å². The van der Waals surface area contributed by atoms with Gasteiger partial charge in [0.1, 0.15) is 5.82 Å². The smallest absolute Gasteiger partial charge is 0.124 e. The lowest BCUT2D eigenvalue weighted by molar-refractivity contribution is 0.621. The van der Waals surface area contributed by atoms with Crippen molar-refractivity contribution in [3.8, 4) is 0 Å². The van der Waals surface area contributed by atoms with Crippen molar-refractivity contribution in [1.82, 2.24) is 5.32 Å². The van der Waals surface area contributed by atoms with Gasteiger partial charge in [-0.1, -0.05) is 0 Å². The quantitative estimate of drug-likeness (QED) is 0.809. The van der Waals surface area contributed by atoms with Crippen LogP contribution in [0.5, 0.6) is 0 Å². The van der Waals surface area contributed by atoms with Crippen LogP contribution in [0.2, 0.25) is 0 Å². The van der Waals surface area contributed by atoms with Crippen LogP contribution in [-0.2, 0) is 0 Å². The second-order valence-electron chi connectivity index (χ2n) is 3.79. The monoisotopic (exact) mass is 226 g/mol. The summed E-state index contributed by atoms with van der Waals surface area (Å²) in [5.74, 6) is -0.166. The molecule has 1 aliphatic rings. The Bertz CT molecular complexity index is 356. The van der Waals surface area contributed by atoms with Gasteiger partial charge in [-0.3, -0.25) is 0 Å². The maximum atomic E-state index is 13.0. The molecule has 2 unspecified atom stereocenters. The Morgan fingerprint density at radius 2 is 2.33 bits per heavy atom. The summed E-state index contributed by atoms with van der Waals surface area (Å²) in [4.78, 5) is 1.01. The van der Waals surface area contributed by atoms with Crippen LogP contribution >= 0.6 is 11.8 Å². The Labute approximate surface area is 93.6 Å². The van der Waals surface area contributed by atoms with Crippen LogP contribution in [0.1, 0.15) is 6.92 Å². The highest BCUT2D eigenvalue weighted by molar-refractivity contribution is 8.00. The second kappa shape index (κ2) is 4.41. The molecule has 4 heteroatoms. The molecule has 15 heavy (non-hydrogen) atoms. The summed E-state index contributed by atoms with van der Waals surface area (Å²) in [6.07, 6.45) is 0. The maximum Gasteiger partial charge on any atom is 0.124 e. The van der Waals surface area contributed by atoms with Crippen molar-refractivity contribution in [1.29, 1.82) is 0 Å². The Hall–Kier alpha value is -0.740. The van der Waals surface area contributed by atoms with Crippen LogP contribution in [-0.4, -0.2) is 24.9 Å². The van der Waals surface area contributed by atoms with E-state index in [0.29, 0.717) is 11.3 Å². The zero-order valence-electron chi connectivity index (χ0n) is 8.88. The van der Waals surface area contributed by atoms with Gasteiger partial charge in [0.05, 0.1) is 0 Å². The Kier molecular flexibility index (Phi) is 3.17. The average molecular weight is 226 g/mol. The van der Waals surface area contributed by atoms with E-state index in [0.717, 1.165) is 17.1 Å². The zero-order chi connectivity index (χ0) is 10.8. The molecule has 0 amide bonds.